The third kappa shape index (κ3) is 23.9. The molecular weight excluding hydrogens is 392 g/mol. The fourth-order valence-electron chi connectivity index (χ4n) is 3.14. The molecule has 4 nitrogen and oxygen atoms in total. The predicted molar refractivity (Wildman–Crippen MR) is 132 cm³/mol. The third-order valence-electron chi connectivity index (χ3n) is 5.29. The van der Waals surface area contributed by atoms with Crippen molar-refractivity contribution >= 4 is 8.07 Å². The van der Waals surface area contributed by atoms with E-state index in [2.05, 4.69) is 32.6 Å². The number of hydrogen-bond acceptors (Lipinski definition) is 4. The van der Waals surface area contributed by atoms with Crippen LogP contribution in [0.4, 0.5) is 0 Å². The van der Waals surface area contributed by atoms with Gasteiger partial charge >= 0.3 is 0 Å². The molecule has 0 rings (SSSR count). The van der Waals surface area contributed by atoms with Gasteiger partial charge in [-0.3, -0.25) is 0 Å². The Balaban J connectivity index is 3.38. The van der Waals surface area contributed by atoms with Crippen LogP contribution in [0.25, 0.3) is 0 Å². The topological polar surface area (TPSA) is 47.9 Å². The van der Waals surface area contributed by atoms with Crippen molar-refractivity contribution in [3.63, 3.8) is 0 Å². The number of unbranched alkanes of at least 4 members (excludes halogenated alkanes) is 12. The van der Waals surface area contributed by atoms with Gasteiger partial charge in [0.1, 0.15) is 19.5 Å². The van der Waals surface area contributed by atoms with Crippen LogP contribution in [-0.2, 0) is 14.2 Å². The van der Waals surface area contributed by atoms with E-state index in [1.54, 1.807) is 6.26 Å². The Morgan fingerprint density at radius 3 is 1.93 bits per heavy atom. The number of hydrogen-bond donors (Lipinski definition) is 1. The summed E-state index contributed by atoms with van der Waals surface area (Å²) in [6, 6.07) is 1.12. The van der Waals surface area contributed by atoms with Gasteiger partial charge in [0.05, 0.1) is 12.9 Å². The molecule has 1 N–H and O–H groups in total. The van der Waals surface area contributed by atoms with E-state index in [9.17, 15) is 5.11 Å². The van der Waals surface area contributed by atoms with Crippen molar-refractivity contribution in [2.45, 2.75) is 122 Å². The molecule has 5 heteroatoms. The molecule has 0 aromatic carbocycles. The minimum absolute atomic E-state index is 0.0516. The minimum Gasteiger partial charge on any atom is -0.499 e. The lowest BCUT2D eigenvalue weighted by Gasteiger charge is -2.17. The zero-order chi connectivity index (χ0) is 22.3. The first-order valence-corrected chi connectivity index (χ1v) is 16.3. The van der Waals surface area contributed by atoms with Crippen molar-refractivity contribution in [3.8, 4) is 0 Å². The summed E-state index contributed by atoms with van der Waals surface area (Å²) in [4.78, 5) is 0. The van der Waals surface area contributed by atoms with E-state index in [4.69, 9.17) is 14.2 Å². The second-order valence-corrected chi connectivity index (χ2v) is 15.3. The van der Waals surface area contributed by atoms with E-state index in [1.807, 2.05) is 0 Å². The molecule has 0 aliphatic heterocycles. The van der Waals surface area contributed by atoms with Crippen LogP contribution in [-0.4, -0.2) is 45.9 Å². The van der Waals surface area contributed by atoms with E-state index < -0.39 is 8.07 Å². The summed E-state index contributed by atoms with van der Waals surface area (Å²) in [5, 5.41) is 9.36. The van der Waals surface area contributed by atoms with E-state index in [0.29, 0.717) is 6.61 Å². The van der Waals surface area contributed by atoms with E-state index in [0.717, 1.165) is 19.1 Å². The van der Waals surface area contributed by atoms with Crippen molar-refractivity contribution in [2.24, 2.45) is 0 Å². The zero-order valence-electron chi connectivity index (χ0n) is 20.6. The van der Waals surface area contributed by atoms with Crippen LogP contribution >= 0.6 is 0 Å². The molecule has 0 aliphatic carbocycles. The fourth-order valence-corrected chi connectivity index (χ4v) is 3.89. The molecule has 30 heavy (non-hydrogen) atoms. The largest absolute Gasteiger partial charge is 0.499 e. The van der Waals surface area contributed by atoms with E-state index in [-0.39, 0.29) is 19.5 Å². The van der Waals surface area contributed by atoms with Gasteiger partial charge in [0.2, 0.25) is 0 Å². The van der Waals surface area contributed by atoms with Gasteiger partial charge in [-0.2, -0.15) is 0 Å². The van der Waals surface area contributed by atoms with Gasteiger partial charge in [0.25, 0.3) is 0 Å². The monoisotopic (exact) mass is 444 g/mol. The molecule has 0 aromatic rings. The summed E-state index contributed by atoms with van der Waals surface area (Å²) in [5.41, 5.74) is 0. The van der Waals surface area contributed by atoms with Gasteiger partial charge in [-0.25, -0.2) is 0 Å². The summed E-state index contributed by atoms with van der Waals surface area (Å²) < 4.78 is 16.5. The lowest BCUT2D eigenvalue weighted by molar-refractivity contribution is -0.114. The smallest absolute Gasteiger partial charge is 0.147 e. The Bertz CT molecular complexity index is 369. The normalized spacial score (nSPS) is 13.2. The molecule has 0 aliphatic rings. The van der Waals surface area contributed by atoms with Crippen molar-refractivity contribution in [1.29, 1.82) is 0 Å². The molecule has 0 unspecified atom stereocenters. The summed E-state index contributed by atoms with van der Waals surface area (Å²) >= 11 is 0. The zero-order valence-corrected chi connectivity index (χ0v) is 21.6. The second kappa shape index (κ2) is 21.9. The van der Waals surface area contributed by atoms with Gasteiger partial charge in [0, 0.05) is 14.7 Å². The predicted octanol–water partition coefficient (Wildman–Crippen LogP) is 7.30. The number of rotatable bonds is 23. The first-order valence-electron chi connectivity index (χ1n) is 12.6. The molecule has 0 bridgehead atoms. The number of ether oxygens (including phenoxy) is 3. The molecule has 0 fully saturated rings. The first kappa shape index (κ1) is 29.6. The summed E-state index contributed by atoms with van der Waals surface area (Å²) in [6.45, 7) is 10.5. The molecule has 0 aromatic heterocycles. The molecule has 180 valence electrons. The molecule has 0 amide bonds. The summed E-state index contributed by atoms with van der Waals surface area (Å²) in [6.07, 6.45) is 21.1. The SMILES string of the molecule is CCCCCCCCCCCCCC/C=C\OC[C@@H](CO)OCOCC[Si](C)(C)C. The lowest BCUT2D eigenvalue weighted by atomic mass is 10.0. The second-order valence-electron chi connectivity index (χ2n) is 9.69. The number of aliphatic hydroxyl groups is 1. The number of allylic oxidation sites excluding steroid dienone is 1. The Labute approximate surface area is 188 Å². The third-order valence-corrected chi connectivity index (χ3v) is 6.99. The maximum atomic E-state index is 9.36. The highest BCUT2D eigenvalue weighted by molar-refractivity contribution is 6.76. The number of aliphatic hydroxyl groups excluding tert-OH is 1. The molecule has 0 saturated heterocycles. The van der Waals surface area contributed by atoms with Crippen molar-refractivity contribution in [3.05, 3.63) is 12.3 Å². The highest BCUT2D eigenvalue weighted by atomic mass is 28.3. The minimum atomic E-state index is -1.06. The van der Waals surface area contributed by atoms with E-state index in [1.165, 1.54) is 77.0 Å². The Morgan fingerprint density at radius 1 is 0.833 bits per heavy atom. The molecule has 1 atom stereocenters. The first-order chi connectivity index (χ1) is 14.5. The molecule has 0 heterocycles. The van der Waals surface area contributed by atoms with Crippen LogP contribution in [0.15, 0.2) is 12.3 Å². The van der Waals surface area contributed by atoms with Gasteiger partial charge < -0.3 is 19.3 Å². The van der Waals surface area contributed by atoms with Crippen LogP contribution in [0.5, 0.6) is 0 Å². The molecule has 0 spiro atoms. The Morgan fingerprint density at radius 2 is 1.40 bits per heavy atom. The van der Waals surface area contributed by atoms with Crippen LogP contribution in [0, 0.1) is 0 Å². The van der Waals surface area contributed by atoms with Gasteiger partial charge in [-0.1, -0.05) is 97.2 Å². The van der Waals surface area contributed by atoms with Gasteiger partial charge in [-0.15, -0.1) is 0 Å². The Kier molecular flexibility index (Phi) is 21.6. The fraction of sp³-hybridized carbons (Fsp3) is 0.920. The van der Waals surface area contributed by atoms with Crippen molar-refractivity contribution < 1.29 is 19.3 Å². The van der Waals surface area contributed by atoms with Crippen LogP contribution in [0.3, 0.4) is 0 Å². The van der Waals surface area contributed by atoms with Crippen LogP contribution < -0.4 is 0 Å². The highest BCUT2D eigenvalue weighted by Crippen LogP contribution is 2.12. The van der Waals surface area contributed by atoms with Gasteiger partial charge in [0.15, 0.2) is 0 Å². The standard InChI is InChI=1S/C25H52O4Si/c1-5-6-7-8-9-10-11-12-13-14-15-16-17-18-19-27-23-25(22-26)29-24-28-20-21-30(2,3)4/h18-19,25-26H,5-17,20-24H2,1-4H3/b19-18-/t25-/m1/s1. The van der Waals surface area contributed by atoms with E-state index >= 15 is 0 Å². The molecule has 0 radical (unpaired) electrons. The lowest BCUT2D eigenvalue weighted by Crippen LogP contribution is -2.26. The molecular formula is C25H52O4Si. The maximum absolute atomic E-state index is 9.36. The average molecular weight is 445 g/mol. The maximum Gasteiger partial charge on any atom is 0.147 e. The highest BCUT2D eigenvalue weighted by Gasteiger charge is 2.12. The van der Waals surface area contributed by atoms with Gasteiger partial charge in [-0.05, 0) is 25.0 Å². The molecule has 0 saturated carbocycles. The van der Waals surface area contributed by atoms with Crippen LogP contribution in [0.2, 0.25) is 25.7 Å². The Hall–Kier alpha value is -0.363. The quantitative estimate of drug-likeness (QED) is 0.0777. The summed E-state index contributed by atoms with van der Waals surface area (Å²) in [5.74, 6) is 0. The van der Waals surface area contributed by atoms with Crippen molar-refractivity contribution in [1.82, 2.24) is 0 Å². The van der Waals surface area contributed by atoms with Crippen LogP contribution in [0.1, 0.15) is 90.4 Å². The average Bonchev–Trinajstić information content (AvgIpc) is 2.70. The summed E-state index contributed by atoms with van der Waals surface area (Å²) in [7, 11) is -1.06. The van der Waals surface area contributed by atoms with Crippen molar-refractivity contribution in [2.75, 3.05) is 26.6 Å².